The Hall–Kier alpha value is -2.63. The quantitative estimate of drug-likeness (QED) is 0.703. The van der Waals surface area contributed by atoms with Gasteiger partial charge in [0.15, 0.2) is 0 Å². The maximum Gasteiger partial charge on any atom is 0.257 e. The summed E-state index contributed by atoms with van der Waals surface area (Å²) in [6.45, 7) is 9.27. The predicted octanol–water partition coefficient (Wildman–Crippen LogP) is 3.94. The van der Waals surface area contributed by atoms with Gasteiger partial charge in [-0.1, -0.05) is 12.1 Å². The van der Waals surface area contributed by atoms with Gasteiger partial charge in [-0.15, -0.1) is 0 Å². The van der Waals surface area contributed by atoms with Crippen LogP contribution in [0.25, 0.3) is 0 Å². The van der Waals surface area contributed by atoms with E-state index >= 15 is 0 Å². The van der Waals surface area contributed by atoms with Gasteiger partial charge in [0.1, 0.15) is 17.3 Å². The second-order valence-corrected chi connectivity index (χ2v) is 6.50. The van der Waals surface area contributed by atoms with Gasteiger partial charge in [0.2, 0.25) is 5.91 Å². The molecule has 0 spiro atoms. The number of hydrogen-bond acceptors (Lipinski definition) is 3. The molecule has 5 nitrogen and oxygen atoms in total. The van der Waals surface area contributed by atoms with Gasteiger partial charge in [-0.3, -0.25) is 9.59 Å². The fraction of sp³-hybridized carbons (Fsp3) is 0.429. The van der Waals surface area contributed by atoms with Crippen LogP contribution in [-0.2, 0) is 11.3 Å². The Labute approximate surface area is 159 Å². The highest BCUT2D eigenvalue weighted by atomic mass is 19.1. The van der Waals surface area contributed by atoms with Crippen LogP contribution in [0.5, 0.6) is 0 Å². The molecule has 0 fully saturated rings. The van der Waals surface area contributed by atoms with Crippen molar-refractivity contribution < 1.29 is 18.4 Å². The highest BCUT2D eigenvalue weighted by molar-refractivity contribution is 5.95. The van der Waals surface area contributed by atoms with Crippen molar-refractivity contribution >= 4 is 11.8 Å². The maximum absolute atomic E-state index is 13.2. The molecule has 27 heavy (non-hydrogen) atoms. The molecule has 1 aromatic carbocycles. The van der Waals surface area contributed by atoms with Crippen LogP contribution >= 0.6 is 0 Å². The molecule has 2 rings (SSSR count). The molecule has 0 unspecified atom stereocenters. The molecule has 0 saturated heterocycles. The minimum Gasteiger partial charge on any atom is -0.466 e. The second-order valence-electron chi connectivity index (χ2n) is 6.50. The van der Waals surface area contributed by atoms with Crippen molar-refractivity contribution in [3.05, 3.63) is 58.8 Å². The van der Waals surface area contributed by atoms with Crippen LogP contribution in [0.3, 0.4) is 0 Å². The molecule has 0 aliphatic heterocycles. The molecule has 6 heteroatoms. The number of carbonyl (C=O) groups is 2. The molecule has 0 N–H and O–H groups in total. The lowest BCUT2D eigenvalue weighted by Crippen LogP contribution is -2.37. The maximum atomic E-state index is 13.2. The molecule has 0 bridgehead atoms. The van der Waals surface area contributed by atoms with Crippen LogP contribution in [0.4, 0.5) is 4.39 Å². The normalized spacial score (nSPS) is 10.7. The Balaban J connectivity index is 2.19. The lowest BCUT2D eigenvalue weighted by Gasteiger charge is -2.25. The molecule has 2 aromatic rings. The summed E-state index contributed by atoms with van der Waals surface area (Å²) < 4.78 is 18.7. The van der Waals surface area contributed by atoms with E-state index in [0.717, 1.165) is 5.56 Å². The molecular weight excluding hydrogens is 347 g/mol. The summed E-state index contributed by atoms with van der Waals surface area (Å²) in [4.78, 5) is 28.8. The van der Waals surface area contributed by atoms with E-state index in [4.69, 9.17) is 4.42 Å². The number of benzene rings is 1. The number of hydrogen-bond donors (Lipinski definition) is 0. The van der Waals surface area contributed by atoms with Crippen LogP contribution < -0.4 is 0 Å². The largest absolute Gasteiger partial charge is 0.466 e. The van der Waals surface area contributed by atoms with Gasteiger partial charge >= 0.3 is 0 Å². The number of nitrogens with zero attached hydrogens (tertiary/aromatic N) is 2. The van der Waals surface area contributed by atoms with Crippen LogP contribution in [0.15, 0.2) is 34.7 Å². The van der Waals surface area contributed by atoms with Crippen molar-refractivity contribution in [2.75, 3.05) is 19.6 Å². The second kappa shape index (κ2) is 9.35. The van der Waals surface area contributed by atoms with E-state index in [2.05, 4.69) is 0 Å². The van der Waals surface area contributed by atoms with Gasteiger partial charge in [0.05, 0.1) is 5.56 Å². The van der Waals surface area contributed by atoms with Crippen molar-refractivity contribution in [2.45, 2.75) is 40.7 Å². The third kappa shape index (κ3) is 5.42. The molecule has 0 radical (unpaired) electrons. The highest BCUT2D eigenvalue weighted by Crippen LogP contribution is 2.18. The van der Waals surface area contributed by atoms with Gasteiger partial charge in [-0.25, -0.2) is 4.39 Å². The molecule has 2 amide bonds. The standard InChI is InChI=1S/C21H27FN2O3/c1-5-23(6-2)20(25)11-12-24(14-17-7-9-18(22)10-8-17)21(26)19-13-15(3)27-16(19)4/h7-10,13H,5-6,11-12,14H2,1-4H3. The molecule has 1 heterocycles. The minimum absolute atomic E-state index is 0.0111. The van der Waals surface area contributed by atoms with Gasteiger partial charge < -0.3 is 14.2 Å². The van der Waals surface area contributed by atoms with Gasteiger partial charge in [-0.2, -0.15) is 0 Å². The average Bonchev–Trinajstić information content (AvgIpc) is 2.98. The summed E-state index contributed by atoms with van der Waals surface area (Å²) in [7, 11) is 0. The SMILES string of the molecule is CCN(CC)C(=O)CCN(Cc1ccc(F)cc1)C(=O)c1cc(C)oc1C. The lowest BCUT2D eigenvalue weighted by molar-refractivity contribution is -0.131. The van der Waals surface area contributed by atoms with E-state index in [1.54, 1.807) is 41.8 Å². The summed E-state index contributed by atoms with van der Waals surface area (Å²) in [5.74, 6) is 0.709. The first-order valence-electron chi connectivity index (χ1n) is 9.24. The monoisotopic (exact) mass is 374 g/mol. The Kier molecular flexibility index (Phi) is 7.16. The number of amides is 2. The van der Waals surface area contributed by atoms with Gasteiger partial charge in [0.25, 0.3) is 5.91 Å². The average molecular weight is 374 g/mol. The van der Waals surface area contributed by atoms with Crippen LogP contribution in [0.2, 0.25) is 0 Å². The number of aryl methyl sites for hydroxylation is 2. The van der Waals surface area contributed by atoms with E-state index in [1.807, 2.05) is 13.8 Å². The van der Waals surface area contributed by atoms with Crippen molar-refractivity contribution in [1.82, 2.24) is 9.80 Å². The van der Waals surface area contributed by atoms with Crippen LogP contribution in [0, 0.1) is 19.7 Å². The zero-order valence-corrected chi connectivity index (χ0v) is 16.4. The lowest BCUT2D eigenvalue weighted by atomic mass is 10.1. The summed E-state index contributed by atoms with van der Waals surface area (Å²) in [6, 6.07) is 7.74. The smallest absolute Gasteiger partial charge is 0.257 e. The van der Waals surface area contributed by atoms with Gasteiger partial charge in [0, 0.05) is 32.6 Å². The van der Waals surface area contributed by atoms with Crippen LogP contribution in [-0.4, -0.2) is 41.2 Å². The molecule has 0 aliphatic carbocycles. The Morgan fingerprint density at radius 2 is 1.67 bits per heavy atom. The minimum atomic E-state index is -0.324. The summed E-state index contributed by atoms with van der Waals surface area (Å²) in [5.41, 5.74) is 1.29. The van der Waals surface area contributed by atoms with Crippen molar-refractivity contribution in [2.24, 2.45) is 0 Å². The molecule has 0 atom stereocenters. The number of halogens is 1. The molecule has 0 aliphatic rings. The van der Waals surface area contributed by atoms with Crippen LogP contribution in [0.1, 0.15) is 47.7 Å². The molecule has 1 aromatic heterocycles. The summed E-state index contributed by atoms with van der Waals surface area (Å²) in [6.07, 6.45) is 0.241. The summed E-state index contributed by atoms with van der Waals surface area (Å²) in [5, 5.41) is 0. The van der Waals surface area contributed by atoms with Crippen molar-refractivity contribution in [3.63, 3.8) is 0 Å². The Morgan fingerprint density at radius 1 is 1.04 bits per heavy atom. The molecule has 0 saturated carbocycles. The number of carbonyl (C=O) groups excluding carboxylic acids is 2. The van der Waals surface area contributed by atoms with E-state index in [1.165, 1.54) is 12.1 Å². The zero-order valence-electron chi connectivity index (χ0n) is 16.4. The van der Waals surface area contributed by atoms with E-state index in [0.29, 0.717) is 36.7 Å². The Morgan fingerprint density at radius 3 is 2.19 bits per heavy atom. The third-order valence-corrected chi connectivity index (χ3v) is 4.56. The third-order valence-electron chi connectivity index (χ3n) is 4.56. The topological polar surface area (TPSA) is 53.8 Å². The van der Waals surface area contributed by atoms with Crippen molar-refractivity contribution in [3.8, 4) is 0 Å². The number of furan rings is 1. The predicted molar refractivity (Wildman–Crippen MR) is 102 cm³/mol. The highest BCUT2D eigenvalue weighted by Gasteiger charge is 2.22. The van der Waals surface area contributed by atoms with Gasteiger partial charge in [-0.05, 0) is 51.5 Å². The van der Waals surface area contributed by atoms with E-state index in [-0.39, 0.29) is 30.6 Å². The first kappa shape index (κ1) is 20.7. The fourth-order valence-corrected chi connectivity index (χ4v) is 3.04. The Bertz CT molecular complexity index is 779. The first-order chi connectivity index (χ1) is 12.8. The summed E-state index contributed by atoms with van der Waals surface area (Å²) >= 11 is 0. The molecule has 146 valence electrons. The fourth-order valence-electron chi connectivity index (χ4n) is 3.04. The van der Waals surface area contributed by atoms with E-state index < -0.39 is 0 Å². The number of rotatable bonds is 8. The zero-order chi connectivity index (χ0) is 20.0. The molecular formula is C21H27FN2O3. The van der Waals surface area contributed by atoms with E-state index in [9.17, 15) is 14.0 Å². The first-order valence-corrected chi connectivity index (χ1v) is 9.24. The van der Waals surface area contributed by atoms with Crippen molar-refractivity contribution in [1.29, 1.82) is 0 Å².